The van der Waals surface area contributed by atoms with Crippen molar-refractivity contribution in [2.75, 3.05) is 14.2 Å². The molecule has 0 unspecified atom stereocenters. The number of aryl methyl sites for hydroxylation is 4. The average molecular weight is 1280 g/mol. The van der Waals surface area contributed by atoms with Gasteiger partial charge in [-0.2, -0.15) is 0 Å². The number of nitrogens with zero attached hydrogens (tertiary/aromatic N) is 4. The van der Waals surface area contributed by atoms with Crippen LogP contribution >= 0.6 is 15.6 Å². The molecule has 4 N–H and O–H groups in total. The number of carbonyl (C=O) groups is 2. The Morgan fingerprint density at radius 3 is 1.25 bits per heavy atom. The number of para-hydroxylation sites is 2. The normalized spacial score (nSPS) is 13.9. The molecular weight excluding hydrogens is 1200 g/mol. The van der Waals surface area contributed by atoms with E-state index in [2.05, 4.69) is 16.0 Å². The molecule has 10 aromatic rings. The minimum atomic E-state index is -4.72. The van der Waals surface area contributed by atoms with Gasteiger partial charge in [0.1, 0.15) is 22.9 Å². The number of allylic oxidation sites excluding steroid dienone is 2. The number of phosphoric ester groups is 2. The van der Waals surface area contributed by atoms with Crippen LogP contribution in [0.15, 0.2) is 227 Å². The number of aliphatic imine (C=N–C) groups is 2. The fourth-order valence-corrected chi connectivity index (χ4v) is 12.1. The number of aromatic nitrogens is 4. The van der Waals surface area contributed by atoms with Crippen molar-refractivity contribution >= 4 is 72.8 Å². The molecule has 0 fully saturated rings. The highest BCUT2D eigenvalue weighted by Gasteiger charge is 2.31. The summed E-state index contributed by atoms with van der Waals surface area (Å²) in [5.74, 6) is 0.464. The number of hydrogen-bond donors (Lipinski definition) is 4. The lowest BCUT2D eigenvalue weighted by atomic mass is 10.1. The number of aromatic amines is 2. The van der Waals surface area contributed by atoms with E-state index in [0.717, 1.165) is 55.8 Å². The Morgan fingerprint density at radius 2 is 0.859 bits per heavy atom. The molecule has 6 heterocycles. The fourth-order valence-electron chi connectivity index (χ4n) is 10.6. The predicted molar refractivity (Wildman–Crippen MR) is 361 cm³/mol. The highest BCUT2D eigenvalue weighted by molar-refractivity contribution is 7.48. The third kappa shape index (κ3) is 15.2. The zero-order valence-corrected chi connectivity index (χ0v) is 51.9. The second-order valence-corrected chi connectivity index (χ2v) is 24.3. The molecular formula is C72H72N6O12P2. The smallest absolute Gasteiger partial charge is 0.475 e. The maximum Gasteiger partial charge on any atom is 0.475 e. The molecule has 4 aromatic heterocycles. The van der Waals surface area contributed by atoms with Gasteiger partial charge in [-0.1, -0.05) is 148 Å². The predicted octanol–water partition coefficient (Wildman–Crippen LogP) is 16.2. The van der Waals surface area contributed by atoms with Crippen LogP contribution in [0.4, 0.5) is 0 Å². The summed E-state index contributed by atoms with van der Waals surface area (Å²) in [5.41, 5.74) is 14.1. The summed E-state index contributed by atoms with van der Waals surface area (Å²) in [6, 6.07) is 55.6. The summed E-state index contributed by atoms with van der Waals surface area (Å²) < 4.78 is 62.3. The van der Waals surface area contributed by atoms with Crippen molar-refractivity contribution in [3.8, 4) is 0 Å². The van der Waals surface area contributed by atoms with E-state index in [4.69, 9.17) is 37.6 Å². The lowest BCUT2D eigenvalue weighted by molar-refractivity contribution is 0.0927. The van der Waals surface area contributed by atoms with Gasteiger partial charge in [0, 0.05) is 56.8 Å². The third-order valence-corrected chi connectivity index (χ3v) is 16.8. The Kier molecular flexibility index (Phi) is 21.2. The summed E-state index contributed by atoms with van der Waals surface area (Å²) in [6.45, 7) is 7.45. The maximum atomic E-state index is 14.7. The first-order valence-electron chi connectivity index (χ1n) is 28.7. The number of rotatable bonds is 20. The zero-order chi connectivity index (χ0) is 63.1. The lowest BCUT2D eigenvalue weighted by Gasteiger charge is -2.19. The first-order valence-corrected chi connectivity index (χ1v) is 31.7. The van der Waals surface area contributed by atoms with Crippen LogP contribution in [0.25, 0.3) is 34.0 Å². The Morgan fingerprint density at radius 1 is 0.489 bits per heavy atom. The van der Waals surface area contributed by atoms with Crippen molar-refractivity contribution < 1.29 is 56.1 Å². The average Bonchev–Trinajstić information content (AvgIpc) is 1.61. The largest absolute Gasteiger partial charge is 0.494 e. The molecule has 2 aliphatic rings. The highest BCUT2D eigenvalue weighted by atomic mass is 31.2. The molecule has 12 rings (SSSR count). The summed E-state index contributed by atoms with van der Waals surface area (Å²) >= 11 is 0. The maximum absolute atomic E-state index is 14.7. The molecule has 92 heavy (non-hydrogen) atoms. The van der Waals surface area contributed by atoms with Gasteiger partial charge in [-0.25, -0.2) is 19.1 Å². The Hall–Kier alpha value is -9.58. The molecule has 472 valence electrons. The van der Waals surface area contributed by atoms with E-state index in [1.165, 1.54) is 0 Å². The van der Waals surface area contributed by atoms with E-state index in [0.29, 0.717) is 73.4 Å². The van der Waals surface area contributed by atoms with Gasteiger partial charge >= 0.3 is 15.6 Å². The first-order chi connectivity index (χ1) is 43.4. The van der Waals surface area contributed by atoms with E-state index in [1.54, 1.807) is 78.0 Å². The van der Waals surface area contributed by atoms with Gasteiger partial charge in [-0.05, 0) is 122 Å². The van der Waals surface area contributed by atoms with E-state index in [-0.39, 0.29) is 52.1 Å². The molecule has 0 saturated heterocycles. The summed E-state index contributed by atoms with van der Waals surface area (Å²) in [6.07, 6.45) is 7.49. The zero-order valence-electron chi connectivity index (χ0n) is 50.1. The molecule has 0 bridgehead atoms. The van der Waals surface area contributed by atoms with Crippen LogP contribution in [0.1, 0.15) is 103 Å². The molecule has 18 nitrogen and oxygen atoms in total. The number of methoxy groups -OCH3 is 2. The van der Waals surface area contributed by atoms with Crippen molar-refractivity contribution in [3.63, 3.8) is 0 Å². The Bertz CT molecular complexity index is 4610. The number of carbonyl (C=O) groups excluding carboxylic acids is 2. The number of benzene rings is 6. The topological polar surface area (TPSA) is 230 Å². The molecule has 0 atom stereocenters. The number of hydrogen-bond acceptors (Lipinski definition) is 12. The summed E-state index contributed by atoms with van der Waals surface area (Å²) in [7, 11) is -5.65. The number of nitrogens with one attached hydrogen (secondary N) is 2. The molecule has 0 aliphatic carbocycles. The van der Waals surface area contributed by atoms with Gasteiger partial charge in [0.15, 0.2) is 0 Å². The van der Waals surface area contributed by atoms with Crippen molar-refractivity contribution in [3.05, 3.63) is 296 Å². The van der Waals surface area contributed by atoms with Gasteiger partial charge in [0.2, 0.25) is 0 Å². The molecule has 0 amide bonds. The SMILES string of the molecule is C.C.COC1=CC(c2cc3ccccc3n2C(=O)c2ccccc2COP(=O)(O)O)=N/C1=C/c1[nH]c(C)cc1C.COC1=CC(c2cc3ccccc3n2C(=O)c2ccccc2COP(=O)(OCc2ccccc2)OCc2ccccc2)=N/C1=C/c1[nH]c(C)cc1C. The minimum absolute atomic E-state index is 0. The third-order valence-electron chi connectivity index (χ3n) is 15.0. The van der Waals surface area contributed by atoms with E-state index in [9.17, 15) is 28.5 Å². The van der Waals surface area contributed by atoms with Crippen LogP contribution in [0.3, 0.4) is 0 Å². The Balaban J connectivity index is 0.000000223. The van der Waals surface area contributed by atoms with E-state index >= 15 is 0 Å². The summed E-state index contributed by atoms with van der Waals surface area (Å²) in [4.78, 5) is 63.5. The molecule has 6 aromatic carbocycles. The lowest BCUT2D eigenvalue weighted by Crippen LogP contribution is -2.19. The van der Waals surface area contributed by atoms with Crippen LogP contribution in [0, 0.1) is 27.7 Å². The standard InChI is InChI=1S/C42H38N3O6P.C28H26N3O6P.2CH4/c1-29-22-30(2)43-36(29)24-38-41(48-3)25-37(44-38)40-23-33-18-11-13-21-39(33)45(40)42(46)35-20-12-10-19-34(35)28-51-52(47,49-26-31-14-6-4-7-15-31)50-27-32-16-8-5-9-17-32;1-17-12-18(2)29-22(17)14-24-27(36-3)15-23(30-24)26-13-19-8-5-7-11-25(19)31(26)28(32)21-10-6-4-9-20(21)16-37-38(33,34)35;;/h4-25,43H,26-28H2,1-3H3;4-15,29H,16H2,1-3H3,(H2,33,34,35);2*1H4/b38-24+;24-14+;;. The van der Waals surface area contributed by atoms with Crippen molar-refractivity contribution in [1.29, 1.82) is 0 Å². The van der Waals surface area contributed by atoms with Gasteiger partial charge in [-0.15, -0.1) is 0 Å². The number of phosphoric acid groups is 2. The molecule has 0 saturated carbocycles. The second-order valence-electron chi connectivity index (χ2n) is 21.4. The van der Waals surface area contributed by atoms with Gasteiger partial charge in [0.05, 0.1) is 74.5 Å². The molecule has 0 radical (unpaired) electrons. The monoisotopic (exact) mass is 1270 g/mol. The second kappa shape index (κ2) is 29.1. The molecule has 20 heteroatoms. The van der Waals surface area contributed by atoms with Gasteiger partial charge < -0.3 is 29.2 Å². The van der Waals surface area contributed by atoms with Crippen molar-refractivity contribution in [2.45, 2.75) is 69.0 Å². The first kappa shape index (κ1) is 66.8. The number of fused-ring (bicyclic) bond motifs is 2. The number of ether oxygens (including phenoxy) is 2. The van der Waals surface area contributed by atoms with Crippen molar-refractivity contribution in [2.24, 2.45) is 9.98 Å². The van der Waals surface area contributed by atoms with Gasteiger partial charge in [-0.3, -0.25) is 36.8 Å². The van der Waals surface area contributed by atoms with Crippen LogP contribution in [-0.2, 0) is 63.1 Å². The van der Waals surface area contributed by atoms with Crippen LogP contribution in [0.2, 0.25) is 0 Å². The van der Waals surface area contributed by atoms with Crippen LogP contribution in [-0.4, -0.2) is 66.3 Å². The highest BCUT2D eigenvalue weighted by Crippen LogP contribution is 2.52. The van der Waals surface area contributed by atoms with Crippen molar-refractivity contribution in [1.82, 2.24) is 19.1 Å². The minimum Gasteiger partial charge on any atom is -0.494 e. The van der Waals surface area contributed by atoms with Gasteiger partial charge in [0.25, 0.3) is 11.8 Å². The van der Waals surface area contributed by atoms with Crippen LogP contribution < -0.4 is 0 Å². The van der Waals surface area contributed by atoms with E-state index < -0.39 is 22.3 Å². The Labute approximate surface area is 534 Å². The number of H-pyrrole nitrogens is 2. The molecule has 0 spiro atoms. The quantitative estimate of drug-likeness (QED) is 0.0522. The molecule has 2 aliphatic heterocycles. The van der Waals surface area contributed by atoms with Crippen LogP contribution in [0.5, 0.6) is 0 Å². The fraction of sp³-hybridized carbons (Fsp3) is 0.167. The van der Waals surface area contributed by atoms with E-state index in [1.807, 2.05) is 173 Å². The summed E-state index contributed by atoms with van der Waals surface area (Å²) in [5, 5.41) is 1.71.